The first-order valence-corrected chi connectivity index (χ1v) is 7.93. The van der Waals surface area contributed by atoms with Crippen LogP contribution < -0.4 is 9.47 Å². The van der Waals surface area contributed by atoms with E-state index in [-0.39, 0.29) is 0 Å². The minimum Gasteiger partial charge on any atom is -0.497 e. The molecule has 0 radical (unpaired) electrons. The first-order chi connectivity index (χ1) is 12.3. The van der Waals surface area contributed by atoms with Crippen molar-refractivity contribution < 1.29 is 9.47 Å². The van der Waals surface area contributed by atoms with E-state index in [0.29, 0.717) is 0 Å². The highest BCUT2D eigenvalue weighted by molar-refractivity contribution is 5.75. The topological polar surface area (TPSA) is 48.7 Å². The summed E-state index contributed by atoms with van der Waals surface area (Å²) in [6, 6.07) is 19.8. The van der Waals surface area contributed by atoms with Gasteiger partial charge < -0.3 is 9.47 Å². The summed E-state index contributed by atoms with van der Waals surface area (Å²) in [6.45, 7) is 0. The molecule has 5 heteroatoms. The number of hydrogen-bond donors (Lipinski definition) is 0. The average Bonchev–Trinajstić information content (AvgIpc) is 3.16. The molecule has 0 spiro atoms. The molecule has 2 aromatic heterocycles. The molecule has 0 N–H and O–H groups in total. The molecule has 0 saturated carbocycles. The molecule has 0 aliphatic heterocycles. The molecule has 0 saturated heterocycles. The van der Waals surface area contributed by atoms with Crippen LogP contribution in [0.2, 0.25) is 0 Å². The zero-order valence-electron chi connectivity index (χ0n) is 14.0. The van der Waals surface area contributed by atoms with E-state index in [1.165, 1.54) is 0 Å². The summed E-state index contributed by atoms with van der Waals surface area (Å²) in [5, 5.41) is 4.42. The van der Waals surface area contributed by atoms with Crippen LogP contribution in [0.3, 0.4) is 0 Å². The maximum Gasteiger partial charge on any atom is 0.156 e. The standard InChI is InChI=1S/C20H17N3O2/c1-24-15-8-9-16(19(12-15)25-2)18-13-17(14-6-4-3-5-7-14)22-20-10-11-21-23(18)20/h3-13H,1-2H3. The van der Waals surface area contributed by atoms with E-state index >= 15 is 0 Å². The van der Waals surface area contributed by atoms with Gasteiger partial charge in [-0.15, -0.1) is 0 Å². The second kappa shape index (κ2) is 6.28. The third kappa shape index (κ3) is 2.70. The van der Waals surface area contributed by atoms with Gasteiger partial charge in [0.25, 0.3) is 0 Å². The highest BCUT2D eigenvalue weighted by atomic mass is 16.5. The molecule has 0 unspecified atom stereocenters. The van der Waals surface area contributed by atoms with Gasteiger partial charge in [-0.2, -0.15) is 5.10 Å². The normalized spacial score (nSPS) is 10.8. The third-order valence-corrected chi connectivity index (χ3v) is 4.11. The van der Waals surface area contributed by atoms with Crippen molar-refractivity contribution in [3.8, 4) is 34.0 Å². The van der Waals surface area contributed by atoms with Crippen LogP contribution >= 0.6 is 0 Å². The van der Waals surface area contributed by atoms with Crippen molar-refractivity contribution >= 4 is 5.65 Å². The van der Waals surface area contributed by atoms with Crippen molar-refractivity contribution in [3.05, 3.63) is 66.9 Å². The van der Waals surface area contributed by atoms with E-state index in [2.05, 4.69) is 5.10 Å². The van der Waals surface area contributed by atoms with Crippen LogP contribution in [0.25, 0.3) is 28.2 Å². The first-order valence-electron chi connectivity index (χ1n) is 7.93. The zero-order chi connectivity index (χ0) is 17.2. The fourth-order valence-corrected chi connectivity index (χ4v) is 2.87. The molecule has 0 aliphatic carbocycles. The van der Waals surface area contributed by atoms with Gasteiger partial charge in [0, 0.05) is 23.3 Å². The molecule has 5 nitrogen and oxygen atoms in total. The zero-order valence-corrected chi connectivity index (χ0v) is 14.0. The number of nitrogens with zero attached hydrogens (tertiary/aromatic N) is 3. The number of benzene rings is 2. The highest BCUT2D eigenvalue weighted by Crippen LogP contribution is 2.34. The Morgan fingerprint density at radius 1 is 0.880 bits per heavy atom. The molecular formula is C20H17N3O2. The van der Waals surface area contributed by atoms with Gasteiger partial charge >= 0.3 is 0 Å². The van der Waals surface area contributed by atoms with Crippen LogP contribution in [0.1, 0.15) is 0 Å². The van der Waals surface area contributed by atoms with Crippen LogP contribution in [0, 0.1) is 0 Å². The lowest BCUT2D eigenvalue weighted by atomic mass is 10.1. The fraction of sp³-hybridized carbons (Fsp3) is 0.100. The van der Waals surface area contributed by atoms with E-state index in [4.69, 9.17) is 14.5 Å². The fourth-order valence-electron chi connectivity index (χ4n) is 2.87. The van der Waals surface area contributed by atoms with E-state index in [1.807, 2.05) is 65.2 Å². The molecule has 4 aromatic rings. The highest BCUT2D eigenvalue weighted by Gasteiger charge is 2.14. The van der Waals surface area contributed by atoms with Crippen molar-refractivity contribution in [2.45, 2.75) is 0 Å². The maximum absolute atomic E-state index is 5.57. The smallest absolute Gasteiger partial charge is 0.156 e. The number of aromatic nitrogens is 3. The summed E-state index contributed by atoms with van der Waals surface area (Å²) in [5.74, 6) is 1.47. The minimum atomic E-state index is 0.723. The summed E-state index contributed by atoms with van der Waals surface area (Å²) in [7, 11) is 3.29. The van der Waals surface area contributed by atoms with Gasteiger partial charge in [0.15, 0.2) is 5.65 Å². The van der Waals surface area contributed by atoms with Crippen LogP contribution in [-0.4, -0.2) is 28.8 Å². The Balaban J connectivity index is 1.97. The molecule has 2 heterocycles. The van der Waals surface area contributed by atoms with Crippen molar-refractivity contribution in [1.82, 2.24) is 14.6 Å². The Bertz CT molecular complexity index is 1030. The number of rotatable bonds is 4. The molecule has 2 aromatic carbocycles. The van der Waals surface area contributed by atoms with Gasteiger partial charge in [-0.05, 0) is 18.2 Å². The van der Waals surface area contributed by atoms with Gasteiger partial charge in [-0.1, -0.05) is 30.3 Å². The van der Waals surface area contributed by atoms with Gasteiger partial charge in [0.05, 0.1) is 31.8 Å². The lowest BCUT2D eigenvalue weighted by Crippen LogP contribution is -2.00. The lowest BCUT2D eigenvalue weighted by molar-refractivity contribution is 0.395. The molecule has 0 fully saturated rings. The number of ether oxygens (including phenoxy) is 2. The quantitative estimate of drug-likeness (QED) is 0.565. The molecular weight excluding hydrogens is 314 g/mol. The van der Waals surface area contributed by atoms with Crippen LogP contribution in [0.4, 0.5) is 0 Å². The van der Waals surface area contributed by atoms with Crippen molar-refractivity contribution in [1.29, 1.82) is 0 Å². The monoisotopic (exact) mass is 331 g/mol. The lowest BCUT2D eigenvalue weighted by Gasteiger charge is -2.13. The molecule has 0 bridgehead atoms. The minimum absolute atomic E-state index is 0.723. The molecule has 0 aliphatic rings. The van der Waals surface area contributed by atoms with E-state index in [9.17, 15) is 0 Å². The Kier molecular flexibility index (Phi) is 3.82. The third-order valence-electron chi connectivity index (χ3n) is 4.11. The number of methoxy groups -OCH3 is 2. The number of fused-ring (bicyclic) bond motifs is 1. The van der Waals surface area contributed by atoms with E-state index in [1.54, 1.807) is 20.4 Å². The number of hydrogen-bond acceptors (Lipinski definition) is 4. The second-order valence-corrected chi connectivity index (χ2v) is 5.56. The van der Waals surface area contributed by atoms with Gasteiger partial charge in [0.1, 0.15) is 11.5 Å². The summed E-state index contributed by atoms with van der Waals surface area (Å²) in [6.07, 6.45) is 1.75. The van der Waals surface area contributed by atoms with Gasteiger partial charge in [-0.3, -0.25) is 0 Å². The molecule has 124 valence electrons. The Morgan fingerprint density at radius 3 is 2.48 bits per heavy atom. The Labute approximate surface area is 145 Å². The molecule has 4 rings (SSSR count). The average molecular weight is 331 g/mol. The summed E-state index contributed by atoms with van der Waals surface area (Å²) in [5.41, 5.74) is 4.57. The van der Waals surface area contributed by atoms with Gasteiger partial charge in [0.2, 0.25) is 0 Å². The first kappa shape index (κ1) is 15.2. The molecule has 0 atom stereocenters. The molecule has 0 amide bonds. The predicted molar refractivity (Wildman–Crippen MR) is 97.0 cm³/mol. The Morgan fingerprint density at radius 2 is 1.72 bits per heavy atom. The SMILES string of the molecule is COc1ccc(-c2cc(-c3ccccc3)nc3ccnn23)c(OC)c1. The van der Waals surface area contributed by atoms with E-state index in [0.717, 1.165) is 39.7 Å². The molecule has 25 heavy (non-hydrogen) atoms. The maximum atomic E-state index is 5.57. The van der Waals surface area contributed by atoms with Crippen molar-refractivity contribution in [2.75, 3.05) is 14.2 Å². The van der Waals surface area contributed by atoms with E-state index < -0.39 is 0 Å². The summed E-state index contributed by atoms with van der Waals surface area (Å²) < 4.78 is 12.7. The van der Waals surface area contributed by atoms with Gasteiger partial charge in [-0.25, -0.2) is 9.50 Å². The summed E-state index contributed by atoms with van der Waals surface area (Å²) >= 11 is 0. The van der Waals surface area contributed by atoms with Crippen LogP contribution in [0.5, 0.6) is 11.5 Å². The van der Waals surface area contributed by atoms with Crippen molar-refractivity contribution in [3.63, 3.8) is 0 Å². The predicted octanol–water partition coefficient (Wildman–Crippen LogP) is 4.08. The van der Waals surface area contributed by atoms with Crippen molar-refractivity contribution in [2.24, 2.45) is 0 Å². The Hall–Kier alpha value is -3.34. The largest absolute Gasteiger partial charge is 0.497 e. The summed E-state index contributed by atoms with van der Waals surface area (Å²) in [4.78, 5) is 4.72. The van der Waals surface area contributed by atoms with Crippen LogP contribution in [-0.2, 0) is 0 Å². The second-order valence-electron chi connectivity index (χ2n) is 5.56. The van der Waals surface area contributed by atoms with Crippen LogP contribution in [0.15, 0.2) is 66.9 Å².